The molecule has 1 amide bonds. The van der Waals surface area contributed by atoms with E-state index in [-0.39, 0.29) is 28.9 Å². The number of hydrogen-bond donors (Lipinski definition) is 2. The van der Waals surface area contributed by atoms with Crippen molar-refractivity contribution in [3.8, 4) is 0 Å². The first-order valence-electron chi connectivity index (χ1n) is 10.4. The molecule has 1 fully saturated rings. The molecule has 4 rings (SSSR count). The number of hydrogen-bond acceptors (Lipinski definition) is 6. The second kappa shape index (κ2) is 8.72. The van der Waals surface area contributed by atoms with Crippen LogP contribution in [0.25, 0.3) is 10.9 Å². The number of pyridine rings is 1. The number of benzene rings is 1. The second-order valence-electron chi connectivity index (χ2n) is 8.17. The second-order valence-corrected chi connectivity index (χ2v) is 9.85. The molecule has 9 nitrogen and oxygen atoms in total. The lowest BCUT2D eigenvalue weighted by molar-refractivity contribution is 0.0938. The van der Waals surface area contributed by atoms with Gasteiger partial charge in [0.2, 0.25) is 10.0 Å². The first-order valence-corrected chi connectivity index (χ1v) is 11.9. The number of aromatic nitrogens is 4. The van der Waals surface area contributed by atoms with E-state index in [1.165, 1.54) is 0 Å². The summed E-state index contributed by atoms with van der Waals surface area (Å²) in [6.45, 7) is 3.78. The lowest BCUT2D eigenvalue weighted by atomic mass is 9.92. The third-order valence-electron chi connectivity index (χ3n) is 5.44. The Bertz CT molecular complexity index is 1180. The third kappa shape index (κ3) is 4.75. The van der Waals surface area contributed by atoms with Crippen molar-refractivity contribution in [1.29, 1.82) is 0 Å². The van der Waals surface area contributed by atoms with Crippen molar-refractivity contribution >= 4 is 26.8 Å². The summed E-state index contributed by atoms with van der Waals surface area (Å²) in [5.41, 5.74) is 0.765. The summed E-state index contributed by atoms with van der Waals surface area (Å²) < 4.78 is 30.6. The van der Waals surface area contributed by atoms with Crippen LogP contribution in [0.15, 0.2) is 47.6 Å². The molecule has 1 aliphatic carbocycles. The van der Waals surface area contributed by atoms with E-state index in [2.05, 4.69) is 25.3 Å². The van der Waals surface area contributed by atoms with Crippen molar-refractivity contribution < 1.29 is 13.2 Å². The molecule has 0 spiro atoms. The molecule has 0 radical (unpaired) electrons. The van der Waals surface area contributed by atoms with E-state index in [4.69, 9.17) is 0 Å². The molecular formula is C21H26N6O3S. The maximum atomic E-state index is 13.0. The van der Waals surface area contributed by atoms with E-state index in [1.54, 1.807) is 35.3 Å². The summed E-state index contributed by atoms with van der Waals surface area (Å²) in [6.07, 6.45) is 6.10. The van der Waals surface area contributed by atoms with Gasteiger partial charge in [0.05, 0.1) is 17.8 Å². The molecule has 0 saturated heterocycles. The summed E-state index contributed by atoms with van der Waals surface area (Å²) in [7, 11) is -3.69. The average molecular weight is 443 g/mol. The molecule has 2 aromatic heterocycles. The Labute approximate surface area is 181 Å². The Morgan fingerprint density at radius 2 is 1.87 bits per heavy atom. The van der Waals surface area contributed by atoms with Gasteiger partial charge in [0.1, 0.15) is 4.90 Å². The number of amides is 1. The smallest absolute Gasteiger partial charge is 0.273 e. The van der Waals surface area contributed by atoms with Gasteiger partial charge in [-0.3, -0.25) is 9.78 Å². The fraction of sp³-hybridized carbons (Fsp3) is 0.429. The fourth-order valence-electron chi connectivity index (χ4n) is 3.93. The monoisotopic (exact) mass is 442 g/mol. The highest BCUT2D eigenvalue weighted by atomic mass is 32.2. The van der Waals surface area contributed by atoms with Crippen LogP contribution in [0.2, 0.25) is 0 Å². The van der Waals surface area contributed by atoms with E-state index < -0.39 is 10.0 Å². The molecule has 2 heterocycles. The minimum atomic E-state index is -3.69. The van der Waals surface area contributed by atoms with E-state index in [1.807, 2.05) is 26.0 Å². The van der Waals surface area contributed by atoms with Crippen LogP contribution >= 0.6 is 0 Å². The van der Waals surface area contributed by atoms with Gasteiger partial charge in [-0.2, -0.15) is 0 Å². The zero-order chi connectivity index (χ0) is 22.0. The van der Waals surface area contributed by atoms with Gasteiger partial charge in [0.25, 0.3) is 5.91 Å². The quantitative estimate of drug-likeness (QED) is 0.605. The number of nitrogens with zero attached hydrogens (tertiary/aromatic N) is 4. The highest BCUT2D eigenvalue weighted by molar-refractivity contribution is 7.89. The topological polar surface area (TPSA) is 119 Å². The molecule has 31 heavy (non-hydrogen) atoms. The van der Waals surface area contributed by atoms with Crippen molar-refractivity contribution in [3.05, 3.63) is 48.4 Å². The lowest BCUT2D eigenvalue weighted by Gasteiger charge is -2.28. The zero-order valence-corrected chi connectivity index (χ0v) is 18.3. The number of sulfonamides is 1. The normalized spacial score (nSPS) is 19.6. The van der Waals surface area contributed by atoms with Crippen LogP contribution in [-0.4, -0.2) is 46.4 Å². The molecule has 164 valence electrons. The summed E-state index contributed by atoms with van der Waals surface area (Å²) in [5.74, 6) is -0.244. The van der Waals surface area contributed by atoms with E-state index in [0.29, 0.717) is 24.1 Å². The first kappa shape index (κ1) is 21.4. The van der Waals surface area contributed by atoms with Crippen molar-refractivity contribution in [2.24, 2.45) is 0 Å². The van der Waals surface area contributed by atoms with E-state index in [9.17, 15) is 13.2 Å². The molecule has 1 saturated carbocycles. The van der Waals surface area contributed by atoms with Gasteiger partial charge in [-0.1, -0.05) is 23.4 Å². The largest absolute Gasteiger partial charge is 0.348 e. The molecule has 0 atom stereocenters. The Balaban J connectivity index is 1.40. The fourth-order valence-corrected chi connectivity index (χ4v) is 5.41. The molecular weight excluding hydrogens is 416 g/mol. The van der Waals surface area contributed by atoms with Gasteiger partial charge < -0.3 is 5.32 Å². The summed E-state index contributed by atoms with van der Waals surface area (Å²) in [6, 6.07) is 8.75. The van der Waals surface area contributed by atoms with Crippen LogP contribution in [0.1, 0.15) is 56.1 Å². The third-order valence-corrected chi connectivity index (χ3v) is 6.99. The van der Waals surface area contributed by atoms with Gasteiger partial charge in [-0.15, -0.1) is 5.10 Å². The number of para-hydroxylation sites is 1. The van der Waals surface area contributed by atoms with Crippen LogP contribution in [-0.2, 0) is 10.0 Å². The highest BCUT2D eigenvalue weighted by Gasteiger charge is 2.28. The Hall–Kier alpha value is -2.85. The standard InChI is InChI=1S/C21H26N6O3S/c1-14(2)23-21(28)18-13-27(26-24-18)17-10-8-16(9-11-17)25-31(29,30)19-7-3-5-15-6-4-12-22-20(15)19/h3-7,12-14,16-17,25H,8-11H2,1-2H3,(H,23,28). The number of nitrogens with one attached hydrogen (secondary N) is 2. The Morgan fingerprint density at radius 3 is 2.61 bits per heavy atom. The highest BCUT2D eigenvalue weighted by Crippen LogP contribution is 2.29. The molecule has 0 unspecified atom stereocenters. The van der Waals surface area contributed by atoms with Gasteiger partial charge >= 0.3 is 0 Å². The van der Waals surface area contributed by atoms with E-state index in [0.717, 1.165) is 18.2 Å². The molecule has 3 aromatic rings. The van der Waals surface area contributed by atoms with Crippen molar-refractivity contribution in [3.63, 3.8) is 0 Å². The lowest BCUT2D eigenvalue weighted by Crippen LogP contribution is -2.38. The minimum absolute atomic E-state index is 0.0260. The summed E-state index contributed by atoms with van der Waals surface area (Å²) >= 11 is 0. The SMILES string of the molecule is CC(C)NC(=O)c1cn(C2CCC(NS(=O)(=O)c3cccc4cccnc34)CC2)nn1. The maximum Gasteiger partial charge on any atom is 0.273 e. The van der Waals surface area contributed by atoms with Crippen LogP contribution < -0.4 is 10.0 Å². The number of rotatable bonds is 6. The molecule has 1 aliphatic rings. The van der Waals surface area contributed by atoms with Crippen molar-refractivity contribution in [2.45, 2.75) is 62.6 Å². The predicted molar refractivity (Wildman–Crippen MR) is 116 cm³/mol. The zero-order valence-electron chi connectivity index (χ0n) is 17.5. The molecule has 1 aromatic carbocycles. The minimum Gasteiger partial charge on any atom is -0.348 e. The summed E-state index contributed by atoms with van der Waals surface area (Å²) in [4.78, 5) is 16.5. The van der Waals surface area contributed by atoms with E-state index >= 15 is 0 Å². The molecule has 10 heteroatoms. The predicted octanol–water partition coefficient (Wildman–Crippen LogP) is 2.43. The average Bonchev–Trinajstić information content (AvgIpc) is 3.23. The molecule has 0 aliphatic heterocycles. The number of carbonyl (C=O) groups excluding carboxylic acids is 1. The van der Waals surface area contributed by atoms with Crippen LogP contribution in [0.3, 0.4) is 0 Å². The first-order chi connectivity index (χ1) is 14.8. The molecule has 0 bridgehead atoms. The van der Waals surface area contributed by atoms with Gasteiger partial charge in [0, 0.05) is 23.7 Å². The van der Waals surface area contributed by atoms with Crippen LogP contribution in [0, 0.1) is 0 Å². The number of carbonyl (C=O) groups is 1. The Morgan fingerprint density at radius 1 is 1.13 bits per heavy atom. The maximum absolute atomic E-state index is 13.0. The Kier molecular flexibility index (Phi) is 6.01. The van der Waals surface area contributed by atoms with Crippen molar-refractivity contribution in [1.82, 2.24) is 30.0 Å². The van der Waals surface area contributed by atoms with Crippen LogP contribution in [0.4, 0.5) is 0 Å². The van der Waals surface area contributed by atoms with Gasteiger partial charge in [-0.25, -0.2) is 17.8 Å². The van der Waals surface area contributed by atoms with Gasteiger partial charge in [0.15, 0.2) is 5.69 Å². The van der Waals surface area contributed by atoms with Crippen molar-refractivity contribution in [2.75, 3.05) is 0 Å². The summed E-state index contributed by atoms with van der Waals surface area (Å²) in [5, 5.41) is 11.7. The van der Waals surface area contributed by atoms with Crippen LogP contribution in [0.5, 0.6) is 0 Å². The molecule has 2 N–H and O–H groups in total. The van der Waals surface area contributed by atoms with Gasteiger partial charge in [-0.05, 0) is 51.7 Å². The number of fused-ring (bicyclic) bond motifs is 1.